The molecule has 1 aromatic carbocycles. The van der Waals surface area contributed by atoms with E-state index >= 15 is 0 Å². The van der Waals surface area contributed by atoms with Gasteiger partial charge in [-0.05, 0) is 30.5 Å². The van der Waals surface area contributed by atoms with Crippen LogP contribution in [-0.4, -0.2) is 74.3 Å². The lowest BCUT2D eigenvalue weighted by Crippen LogP contribution is -2.33. The molecule has 14 nitrogen and oxygen atoms in total. The Morgan fingerprint density at radius 3 is 2.63 bits per heavy atom. The van der Waals surface area contributed by atoms with Crippen LogP contribution in [-0.2, 0) is 24.9 Å². The minimum atomic E-state index is -3.15. The Hall–Kier alpha value is -4.50. The van der Waals surface area contributed by atoms with E-state index in [1.54, 1.807) is 48.8 Å². The standard InChI is InChI=1S/C27H28N8O6/c1-32-13-17(25(31-32)40-3)22-20(14-4-5-18-15(10-14)11-29-35(18)27(37,38)39)21-23-19(12-28-24(21)30-22)33(2)26(36)34(23)16-6-8-41-9-7-16/h4-5,10-13,16,37-39H,6-9H2,1-3H3,(H,28,30). The van der Waals surface area contributed by atoms with Crippen molar-refractivity contribution in [1.82, 2.24) is 38.7 Å². The van der Waals surface area contributed by atoms with Gasteiger partial charge in [-0.15, -0.1) is 5.10 Å². The number of hydrogen-bond donors (Lipinski definition) is 4. The number of pyridine rings is 1. The van der Waals surface area contributed by atoms with Crippen LogP contribution < -0.4 is 10.4 Å². The maximum Gasteiger partial charge on any atom is 0.389 e. The molecular weight excluding hydrogens is 532 g/mol. The van der Waals surface area contributed by atoms with Gasteiger partial charge in [0, 0.05) is 50.5 Å². The van der Waals surface area contributed by atoms with Crippen molar-refractivity contribution in [2.45, 2.75) is 25.0 Å². The van der Waals surface area contributed by atoms with Crippen molar-refractivity contribution in [3.63, 3.8) is 0 Å². The predicted octanol–water partition coefficient (Wildman–Crippen LogP) is 1.54. The van der Waals surface area contributed by atoms with Crippen LogP contribution in [0.15, 0.2) is 41.6 Å². The maximum atomic E-state index is 13.7. The first-order chi connectivity index (χ1) is 19.7. The number of fused-ring (bicyclic) bond motifs is 4. The number of rotatable bonds is 5. The Morgan fingerprint density at radius 2 is 1.90 bits per heavy atom. The van der Waals surface area contributed by atoms with Crippen LogP contribution in [0.4, 0.5) is 0 Å². The van der Waals surface area contributed by atoms with E-state index in [2.05, 4.69) is 15.2 Å². The summed E-state index contributed by atoms with van der Waals surface area (Å²) in [5, 5.41) is 39.0. The summed E-state index contributed by atoms with van der Waals surface area (Å²) in [5.41, 5.74) is 5.09. The van der Waals surface area contributed by atoms with Crippen molar-refractivity contribution in [2.24, 2.45) is 14.1 Å². The average Bonchev–Trinajstić information content (AvgIpc) is 3.70. The Morgan fingerprint density at radius 1 is 1.12 bits per heavy atom. The first-order valence-corrected chi connectivity index (χ1v) is 13.1. The first kappa shape index (κ1) is 25.5. The number of hydrogen-bond acceptors (Lipinski definition) is 9. The number of ether oxygens (including phenoxy) is 2. The van der Waals surface area contributed by atoms with E-state index in [0.717, 1.165) is 22.0 Å². The summed E-state index contributed by atoms with van der Waals surface area (Å²) in [6.45, 7) is 1.14. The lowest BCUT2D eigenvalue weighted by Gasteiger charge is -2.23. The van der Waals surface area contributed by atoms with Gasteiger partial charge in [-0.1, -0.05) is 6.07 Å². The second kappa shape index (κ2) is 9.01. The van der Waals surface area contributed by atoms with E-state index in [1.807, 2.05) is 16.8 Å². The first-order valence-electron chi connectivity index (χ1n) is 13.1. The summed E-state index contributed by atoms with van der Waals surface area (Å²) in [6, 6.07) is 5.22. The van der Waals surface area contributed by atoms with Crippen molar-refractivity contribution in [2.75, 3.05) is 20.3 Å². The molecule has 5 aromatic heterocycles. The zero-order valence-corrected chi connectivity index (χ0v) is 22.6. The van der Waals surface area contributed by atoms with Crippen molar-refractivity contribution >= 4 is 33.0 Å². The van der Waals surface area contributed by atoms with Crippen molar-refractivity contribution in [1.29, 1.82) is 0 Å². The van der Waals surface area contributed by atoms with Gasteiger partial charge in [-0.25, -0.2) is 9.78 Å². The van der Waals surface area contributed by atoms with Crippen LogP contribution in [0.2, 0.25) is 0 Å². The fourth-order valence-electron chi connectivity index (χ4n) is 5.97. The van der Waals surface area contributed by atoms with Crippen LogP contribution in [0, 0.1) is 0 Å². The monoisotopic (exact) mass is 560 g/mol. The second-order valence-electron chi connectivity index (χ2n) is 10.3. The molecule has 14 heteroatoms. The van der Waals surface area contributed by atoms with Crippen molar-refractivity contribution in [3.05, 3.63) is 47.3 Å². The molecule has 0 saturated carbocycles. The number of imidazole rings is 1. The number of aliphatic hydroxyl groups is 3. The number of aryl methyl sites for hydroxylation is 2. The fourth-order valence-corrected chi connectivity index (χ4v) is 5.97. The number of H-pyrrole nitrogens is 1. The summed E-state index contributed by atoms with van der Waals surface area (Å²) >= 11 is 0. The molecule has 0 amide bonds. The van der Waals surface area contributed by atoms with Gasteiger partial charge < -0.3 is 29.8 Å². The van der Waals surface area contributed by atoms with E-state index in [0.29, 0.717) is 69.9 Å². The van der Waals surface area contributed by atoms with Gasteiger partial charge in [-0.3, -0.25) is 13.8 Å². The van der Waals surface area contributed by atoms with Gasteiger partial charge in [0.25, 0.3) is 0 Å². The molecule has 7 rings (SSSR count). The number of methoxy groups -OCH3 is 1. The van der Waals surface area contributed by atoms with Crippen LogP contribution in [0.3, 0.4) is 0 Å². The molecule has 0 spiro atoms. The molecule has 1 fully saturated rings. The van der Waals surface area contributed by atoms with Gasteiger partial charge in [0.2, 0.25) is 5.88 Å². The summed E-state index contributed by atoms with van der Waals surface area (Å²) in [7, 11) is 5.10. The van der Waals surface area contributed by atoms with Gasteiger partial charge in [0.1, 0.15) is 5.65 Å². The summed E-state index contributed by atoms with van der Waals surface area (Å²) < 4.78 is 17.0. The molecule has 0 bridgehead atoms. The lowest BCUT2D eigenvalue weighted by atomic mass is 9.98. The molecule has 212 valence electrons. The smallest absolute Gasteiger partial charge is 0.389 e. The number of benzene rings is 1. The molecule has 6 heterocycles. The molecule has 4 N–H and O–H groups in total. The Kier molecular flexibility index (Phi) is 5.59. The molecule has 0 aliphatic carbocycles. The predicted molar refractivity (Wildman–Crippen MR) is 148 cm³/mol. The highest BCUT2D eigenvalue weighted by Gasteiger charge is 2.29. The number of aromatic amines is 1. The molecule has 1 saturated heterocycles. The topological polar surface area (TPSA) is 170 Å². The molecule has 0 atom stereocenters. The highest BCUT2D eigenvalue weighted by molar-refractivity contribution is 6.15. The van der Waals surface area contributed by atoms with Crippen LogP contribution >= 0.6 is 0 Å². The third-order valence-electron chi connectivity index (χ3n) is 7.83. The molecule has 6 aromatic rings. The average molecular weight is 561 g/mol. The summed E-state index contributed by atoms with van der Waals surface area (Å²) in [5.74, 6) is 0.408. The van der Waals surface area contributed by atoms with E-state index in [9.17, 15) is 20.1 Å². The zero-order chi connectivity index (χ0) is 28.6. The molecule has 41 heavy (non-hydrogen) atoms. The summed E-state index contributed by atoms with van der Waals surface area (Å²) in [4.78, 5) is 21.8. The minimum absolute atomic E-state index is 0.0443. The van der Waals surface area contributed by atoms with Crippen molar-refractivity contribution < 1.29 is 24.8 Å². The quantitative estimate of drug-likeness (QED) is 0.228. The highest BCUT2D eigenvalue weighted by atomic mass is 16.7. The van der Waals surface area contributed by atoms with Gasteiger partial charge in [-0.2, -0.15) is 9.78 Å². The molecule has 1 aliphatic heterocycles. The van der Waals surface area contributed by atoms with E-state index in [-0.39, 0.29) is 11.7 Å². The highest BCUT2D eigenvalue weighted by Crippen LogP contribution is 2.44. The third-order valence-corrected chi connectivity index (χ3v) is 7.83. The second-order valence-corrected chi connectivity index (χ2v) is 10.3. The van der Waals surface area contributed by atoms with Crippen molar-refractivity contribution in [3.8, 4) is 28.3 Å². The third kappa shape index (κ3) is 3.79. The Labute approximate surface area is 231 Å². The SMILES string of the molecule is COc1nn(C)cc1-c1[nH]c2ncc3c(c2c1-c1ccc2c(cnn2C(O)(O)O)c1)n(C1CCOCC1)c(=O)n3C. The Balaban J connectivity index is 1.60. The van der Waals surface area contributed by atoms with E-state index in [1.165, 1.54) is 6.20 Å². The molecular formula is C27H28N8O6. The molecule has 0 radical (unpaired) electrons. The number of nitrogens with zero attached hydrogens (tertiary/aromatic N) is 7. The van der Waals surface area contributed by atoms with Crippen LogP contribution in [0.25, 0.3) is 55.4 Å². The maximum absolute atomic E-state index is 13.7. The lowest BCUT2D eigenvalue weighted by molar-refractivity contribution is -0.378. The zero-order valence-electron chi connectivity index (χ0n) is 22.6. The van der Waals surface area contributed by atoms with Crippen LogP contribution in [0.5, 0.6) is 5.88 Å². The van der Waals surface area contributed by atoms with Gasteiger partial charge in [0.15, 0.2) is 0 Å². The normalized spacial score (nSPS) is 15.1. The van der Waals surface area contributed by atoms with Crippen LogP contribution in [0.1, 0.15) is 18.9 Å². The molecule has 1 aliphatic rings. The Bertz CT molecular complexity index is 2010. The van der Waals surface area contributed by atoms with E-state index in [4.69, 9.17) is 14.5 Å². The van der Waals surface area contributed by atoms with Gasteiger partial charge >= 0.3 is 11.8 Å². The summed E-state index contributed by atoms with van der Waals surface area (Å²) in [6.07, 6.45) is 3.25. The molecule has 0 unspecified atom stereocenters. The number of nitrogens with one attached hydrogen (secondary N) is 1. The fraction of sp³-hybridized carbons (Fsp3) is 0.333. The van der Waals surface area contributed by atoms with E-state index < -0.39 is 6.10 Å². The van der Waals surface area contributed by atoms with Gasteiger partial charge in [0.05, 0.1) is 52.7 Å². The number of aromatic nitrogens is 8. The largest absolute Gasteiger partial charge is 0.479 e. The minimum Gasteiger partial charge on any atom is -0.479 e.